The van der Waals surface area contributed by atoms with Gasteiger partial charge in [-0.2, -0.15) is 0 Å². The van der Waals surface area contributed by atoms with Gasteiger partial charge in [-0.1, -0.05) is 20.8 Å². The summed E-state index contributed by atoms with van der Waals surface area (Å²) >= 11 is 0. The summed E-state index contributed by atoms with van der Waals surface area (Å²) in [6.45, 7) is 10.6. The summed E-state index contributed by atoms with van der Waals surface area (Å²) in [4.78, 5) is 16.2. The van der Waals surface area contributed by atoms with E-state index in [-0.39, 0.29) is 16.6 Å². The van der Waals surface area contributed by atoms with Crippen molar-refractivity contribution in [3.05, 3.63) is 29.8 Å². The maximum atomic E-state index is 13.8. The van der Waals surface area contributed by atoms with Crippen LogP contribution in [0.25, 0.3) is 0 Å². The molecule has 1 aliphatic rings. The Kier molecular flexibility index (Phi) is 4.21. The van der Waals surface area contributed by atoms with Crippen LogP contribution in [0.5, 0.6) is 0 Å². The van der Waals surface area contributed by atoms with Crippen molar-refractivity contribution in [2.75, 3.05) is 0 Å². The molecule has 1 aromatic rings. The van der Waals surface area contributed by atoms with E-state index in [2.05, 4.69) is 44.2 Å². The highest BCUT2D eigenvalue weighted by Gasteiger charge is 2.44. The predicted octanol–water partition coefficient (Wildman–Crippen LogP) is 3.17. The molecule has 21 heavy (non-hydrogen) atoms. The Hall–Kier alpha value is -1.27. The standard InChI is InChI=1S/C15H23FN2O2Si/c1-15(2,3)21(4,5)20-12-9-11(18-14(12)19)13-10(16)7-6-8-17-13/h6-8,11-12H,9H2,1-5H3,(H,18,19). The van der Waals surface area contributed by atoms with E-state index in [4.69, 9.17) is 4.43 Å². The second-order valence-corrected chi connectivity index (χ2v) is 11.8. The Bertz CT molecular complexity index is 543. The van der Waals surface area contributed by atoms with Gasteiger partial charge >= 0.3 is 0 Å². The Morgan fingerprint density at radius 3 is 2.67 bits per heavy atom. The van der Waals surface area contributed by atoms with Gasteiger partial charge in [0.1, 0.15) is 11.9 Å². The highest BCUT2D eigenvalue weighted by Crippen LogP contribution is 2.39. The fourth-order valence-electron chi connectivity index (χ4n) is 2.11. The zero-order valence-electron chi connectivity index (χ0n) is 13.2. The summed E-state index contributed by atoms with van der Waals surface area (Å²) in [6.07, 6.45) is 1.45. The lowest BCUT2D eigenvalue weighted by molar-refractivity contribution is -0.125. The van der Waals surface area contributed by atoms with E-state index < -0.39 is 26.3 Å². The number of nitrogens with one attached hydrogen (secondary N) is 1. The summed E-state index contributed by atoms with van der Waals surface area (Å²) < 4.78 is 19.9. The topological polar surface area (TPSA) is 51.2 Å². The molecule has 0 saturated carbocycles. The molecule has 0 bridgehead atoms. The van der Waals surface area contributed by atoms with Crippen molar-refractivity contribution in [2.24, 2.45) is 0 Å². The Labute approximate surface area is 126 Å². The number of aromatic nitrogens is 1. The van der Waals surface area contributed by atoms with Crippen LogP contribution in [0.3, 0.4) is 0 Å². The zero-order valence-corrected chi connectivity index (χ0v) is 14.2. The zero-order chi connectivity index (χ0) is 15.8. The first kappa shape index (κ1) is 16.1. The van der Waals surface area contributed by atoms with Gasteiger partial charge in [0, 0.05) is 12.6 Å². The fourth-order valence-corrected chi connectivity index (χ4v) is 3.38. The van der Waals surface area contributed by atoms with Gasteiger partial charge in [0.2, 0.25) is 5.91 Å². The van der Waals surface area contributed by atoms with Crippen LogP contribution in [0.4, 0.5) is 4.39 Å². The molecule has 4 nitrogen and oxygen atoms in total. The molecule has 1 amide bonds. The van der Waals surface area contributed by atoms with Gasteiger partial charge in [-0.3, -0.25) is 9.78 Å². The van der Waals surface area contributed by atoms with E-state index in [1.807, 2.05) is 0 Å². The minimum atomic E-state index is -2.03. The minimum Gasteiger partial charge on any atom is -0.405 e. The van der Waals surface area contributed by atoms with E-state index in [0.29, 0.717) is 6.42 Å². The van der Waals surface area contributed by atoms with E-state index in [9.17, 15) is 9.18 Å². The molecule has 1 N–H and O–H groups in total. The molecule has 1 saturated heterocycles. The van der Waals surface area contributed by atoms with Crippen LogP contribution in [0.15, 0.2) is 18.3 Å². The average molecular weight is 310 g/mol. The number of carbonyl (C=O) groups excluding carboxylic acids is 1. The van der Waals surface area contributed by atoms with Crippen molar-refractivity contribution in [1.82, 2.24) is 10.3 Å². The van der Waals surface area contributed by atoms with Crippen molar-refractivity contribution < 1.29 is 13.6 Å². The maximum Gasteiger partial charge on any atom is 0.248 e. The smallest absolute Gasteiger partial charge is 0.248 e. The first-order valence-electron chi connectivity index (χ1n) is 7.20. The molecule has 0 aromatic carbocycles. The van der Waals surface area contributed by atoms with Gasteiger partial charge in [-0.15, -0.1) is 0 Å². The number of halogens is 1. The average Bonchev–Trinajstić information content (AvgIpc) is 2.69. The second kappa shape index (κ2) is 5.49. The Morgan fingerprint density at radius 2 is 2.10 bits per heavy atom. The van der Waals surface area contributed by atoms with E-state index >= 15 is 0 Å². The van der Waals surface area contributed by atoms with Gasteiger partial charge in [-0.25, -0.2) is 4.39 Å². The van der Waals surface area contributed by atoms with Crippen LogP contribution < -0.4 is 5.32 Å². The lowest BCUT2D eigenvalue weighted by Gasteiger charge is -2.37. The van der Waals surface area contributed by atoms with Crippen LogP contribution >= 0.6 is 0 Å². The number of carbonyl (C=O) groups is 1. The predicted molar refractivity (Wildman–Crippen MR) is 81.8 cm³/mol. The summed E-state index contributed by atoms with van der Waals surface area (Å²) in [5, 5.41) is 2.82. The maximum absolute atomic E-state index is 13.8. The summed E-state index contributed by atoms with van der Waals surface area (Å²) in [5.41, 5.74) is 0.284. The van der Waals surface area contributed by atoms with Gasteiger partial charge < -0.3 is 9.74 Å². The molecule has 0 spiro atoms. The molecule has 2 atom stereocenters. The normalized spacial score (nSPS) is 23.2. The molecule has 2 unspecified atom stereocenters. The van der Waals surface area contributed by atoms with E-state index in [1.165, 1.54) is 12.3 Å². The molecule has 6 heteroatoms. The number of pyridine rings is 1. The van der Waals surface area contributed by atoms with Gasteiger partial charge in [0.05, 0.1) is 11.7 Å². The largest absolute Gasteiger partial charge is 0.405 e. The van der Waals surface area contributed by atoms with Crippen molar-refractivity contribution in [3.8, 4) is 0 Å². The third-order valence-corrected chi connectivity index (χ3v) is 8.90. The highest BCUT2D eigenvalue weighted by atomic mass is 28.4. The van der Waals surface area contributed by atoms with Crippen LogP contribution in [-0.4, -0.2) is 25.3 Å². The fraction of sp³-hybridized carbons (Fsp3) is 0.600. The Balaban J connectivity index is 2.12. The molecular formula is C15H23FN2O2Si. The quantitative estimate of drug-likeness (QED) is 0.872. The molecule has 0 aliphatic carbocycles. The summed E-state index contributed by atoms with van der Waals surface area (Å²) in [5.74, 6) is -0.564. The van der Waals surface area contributed by atoms with Crippen molar-refractivity contribution in [3.63, 3.8) is 0 Å². The first-order valence-corrected chi connectivity index (χ1v) is 10.1. The van der Waals surface area contributed by atoms with Crippen LogP contribution in [0, 0.1) is 5.82 Å². The number of rotatable bonds is 3. The van der Waals surface area contributed by atoms with Crippen LogP contribution in [0.2, 0.25) is 18.1 Å². The molecule has 1 aromatic heterocycles. The van der Waals surface area contributed by atoms with E-state index in [0.717, 1.165) is 0 Å². The van der Waals surface area contributed by atoms with Crippen LogP contribution in [0.1, 0.15) is 38.9 Å². The molecule has 116 valence electrons. The van der Waals surface area contributed by atoms with Gasteiger partial charge in [0.15, 0.2) is 8.32 Å². The molecule has 1 aliphatic heterocycles. The van der Waals surface area contributed by atoms with Crippen molar-refractivity contribution in [1.29, 1.82) is 0 Å². The molecular weight excluding hydrogens is 287 g/mol. The van der Waals surface area contributed by atoms with Crippen molar-refractivity contribution in [2.45, 2.75) is 57.5 Å². The van der Waals surface area contributed by atoms with Crippen molar-refractivity contribution >= 4 is 14.2 Å². The van der Waals surface area contributed by atoms with Crippen LogP contribution in [-0.2, 0) is 9.22 Å². The molecule has 2 heterocycles. The monoisotopic (exact) mass is 310 g/mol. The molecule has 1 fully saturated rings. The third-order valence-electron chi connectivity index (χ3n) is 4.42. The first-order chi connectivity index (χ1) is 9.62. The second-order valence-electron chi connectivity index (χ2n) is 7.03. The Morgan fingerprint density at radius 1 is 1.43 bits per heavy atom. The summed E-state index contributed by atoms with van der Waals surface area (Å²) in [6, 6.07) is 2.49. The van der Waals surface area contributed by atoms with Gasteiger partial charge in [0.25, 0.3) is 0 Å². The number of hydrogen-bond acceptors (Lipinski definition) is 3. The minimum absolute atomic E-state index is 0.0294. The number of amides is 1. The third kappa shape index (κ3) is 3.32. The van der Waals surface area contributed by atoms with Gasteiger partial charge in [-0.05, 0) is 30.3 Å². The molecule has 0 radical (unpaired) electrons. The van der Waals surface area contributed by atoms with E-state index in [1.54, 1.807) is 6.07 Å². The summed E-state index contributed by atoms with van der Waals surface area (Å²) in [7, 11) is -2.03. The lowest BCUT2D eigenvalue weighted by Crippen LogP contribution is -2.45. The molecule has 2 rings (SSSR count). The SMILES string of the molecule is CC(C)(C)[Si](C)(C)OC1CC(c2ncccc2F)NC1=O. The number of hydrogen-bond donors (Lipinski definition) is 1. The highest BCUT2D eigenvalue weighted by molar-refractivity contribution is 6.74. The lowest BCUT2D eigenvalue weighted by atomic mass is 10.1. The number of nitrogens with zero attached hydrogens (tertiary/aromatic N) is 1.